The minimum atomic E-state index is 0.0322. The van der Waals surface area contributed by atoms with Gasteiger partial charge in [-0.05, 0) is 36.2 Å². The second-order valence-electron chi connectivity index (χ2n) is 4.65. The summed E-state index contributed by atoms with van der Waals surface area (Å²) in [6, 6.07) is 0. The van der Waals surface area contributed by atoms with Crippen LogP contribution in [0.5, 0.6) is 0 Å². The molecule has 2 aromatic rings. The van der Waals surface area contributed by atoms with Crippen molar-refractivity contribution in [1.29, 1.82) is 0 Å². The van der Waals surface area contributed by atoms with Crippen molar-refractivity contribution in [2.75, 3.05) is 0 Å². The van der Waals surface area contributed by atoms with E-state index in [4.69, 9.17) is 0 Å². The van der Waals surface area contributed by atoms with Crippen LogP contribution in [-0.4, -0.2) is 24.7 Å². The van der Waals surface area contributed by atoms with Gasteiger partial charge in [-0.2, -0.15) is 10.2 Å². The van der Waals surface area contributed by atoms with Crippen LogP contribution in [0.3, 0.4) is 0 Å². The van der Waals surface area contributed by atoms with E-state index in [1.807, 2.05) is 30.3 Å². The van der Waals surface area contributed by atoms with Crippen molar-refractivity contribution in [2.24, 2.45) is 7.05 Å². The van der Waals surface area contributed by atoms with E-state index in [1.54, 1.807) is 0 Å². The monoisotopic (exact) mass is 326 g/mol. The van der Waals surface area contributed by atoms with Gasteiger partial charge in [0.25, 0.3) is 0 Å². The molecule has 104 valence electrons. The molecule has 0 bridgehead atoms. The van der Waals surface area contributed by atoms with Gasteiger partial charge in [-0.25, -0.2) is 0 Å². The molecule has 0 radical (unpaired) electrons. The van der Waals surface area contributed by atoms with E-state index in [9.17, 15) is 5.11 Å². The number of aliphatic hydroxyl groups excluding tert-OH is 1. The number of aryl methyl sites for hydroxylation is 3. The number of aliphatic hydroxyl groups is 1. The van der Waals surface area contributed by atoms with Gasteiger partial charge >= 0.3 is 0 Å². The predicted molar refractivity (Wildman–Crippen MR) is 77.0 cm³/mol. The Labute approximate surface area is 121 Å². The van der Waals surface area contributed by atoms with E-state index in [0.717, 1.165) is 39.2 Å². The average molecular weight is 327 g/mol. The fourth-order valence-electron chi connectivity index (χ4n) is 2.25. The molecule has 1 N–H and O–H groups in total. The molecule has 0 aliphatic rings. The van der Waals surface area contributed by atoms with Crippen molar-refractivity contribution in [3.05, 3.63) is 32.8 Å². The van der Waals surface area contributed by atoms with Gasteiger partial charge in [0.1, 0.15) is 0 Å². The summed E-state index contributed by atoms with van der Waals surface area (Å²) in [5.74, 6) is 0. The van der Waals surface area contributed by atoms with Crippen LogP contribution in [0.15, 0.2) is 4.47 Å². The molecule has 6 heteroatoms. The lowest BCUT2D eigenvalue weighted by molar-refractivity contribution is 0.280. The topological polar surface area (TPSA) is 55.9 Å². The molecule has 2 heterocycles. The zero-order chi connectivity index (χ0) is 14.2. The van der Waals surface area contributed by atoms with Crippen LogP contribution in [0.4, 0.5) is 0 Å². The summed E-state index contributed by atoms with van der Waals surface area (Å²) in [7, 11) is 1.94. The zero-order valence-corrected chi connectivity index (χ0v) is 13.3. The second-order valence-corrected chi connectivity index (χ2v) is 5.44. The normalized spacial score (nSPS) is 11.3. The molecule has 19 heavy (non-hydrogen) atoms. The highest BCUT2D eigenvalue weighted by atomic mass is 79.9. The minimum absolute atomic E-state index is 0.0322. The largest absolute Gasteiger partial charge is 0.392 e. The third-order valence-corrected chi connectivity index (χ3v) is 4.41. The number of hydrogen-bond acceptors (Lipinski definition) is 3. The molecule has 5 nitrogen and oxygen atoms in total. The molecule has 0 spiro atoms. The molecule has 0 aromatic carbocycles. The summed E-state index contributed by atoms with van der Waals surface area (Å²) < 4.78 is 4.86. The molecule has 2 rings (SSSR count). The van der Waals surface area contributed by atoms with Crippen molar-refractivity contribution in [2.45, 2.75) is 40.3 Å². The highest BCUT2D eigenvalue weighted by Gasteiger charge is 2.16. The number of halogens is 1. The van der Waals surface area contributed by atoms with Gasteiger partial charge < -0.3 is 5.11 Å². The van der Waals surface area contributed by atoms with Crippen LogP contribution >= 0.6 is 15.9 Å². The third-order valence-electron chi connectivity index (χ3n) is 3.49. The molecule has 0 aliphatic carbocycles. The summed E-state index contributed by atoms with van der Waals surface area (Å²) >= 11 is 3.61. The summed E-state index contributed by atoms with van der Waals surface area (Å²) in [5, 5.41) is 18.3. The molecule has 0 saturated carbocycles. The SMILES string of the molecule is CCc1nn(C)c(Cn2nc(C)c(CO)c2C)c1Br. The first-order chi connectivity index (χ1) is 8.99. The van der Waals surface area contributed by atoms with Gasteiger partial charge in [0.15, 0.2) is 0 Å². The molecule has 0 aliphatic heterocycles. The fraction of sp³-hybridized carbons (Fsp3) is 0.538. The Bertz CT molecular complexity index is 600. The Morgan fingerprint density at radius 1 is 1.26 bits per heavy atom. The standard InChI is InChI=1S/C13H19BrN4O/c1-5-11-13(14)12(17(4)16-11)6-18-9(3)10(7-19)8(2)15-18/h19H,5-7H2,1-4H3. The number of rotatable bonds is 4. The van der Waals surface area contributed by atoms with E-state index in [0.29, 0.717) is 6.54 Å². The lowest BCUT2D eigenvalue weighted by Crippen LogP contribution is -2.09. The first kappa shape index (κ1) is 14.3. The molecular formula is C13H19BrN4O. The molecule has 0 saturated heterocycles. The Morgan fingerprint density at radius 3 is 2.42 bits per heavy atom. The predicted octanol–water partition coefficient (Wildman–Crippen LogP) is 2.10. The van der Waals surface area contributed by atoms with Crippen LogP contribution < -0.4 is 0 Å². The van der Waals surface area contributed by atoms with Gasteiger partial charge in [-0.3, -0.25) is 9.36 Å². The van der Waals surface area contributed by atoms with Crippen molar-refractivity contribution >= 4 is 15.9 Å². The highest BCUT2D eigenvalue weighted by Crippen LogP contribution is 2.23. The first-order valence-corrected chi connectivity index (χ1v) is 7.12. The Kier molecular flexibility index (Phi) is 4.10. The van der Waals surface area contributed by atoms with Crippen LogP contribution in [0.2, 0.25) is 0 Å². The third kappa shape index (κ3) is 2.47. The van der Waals surface area contributed by atoms with E-state index in [2.05, 4.69) is 33.1 Å². The quantitative estimate of drug-likeness (QED) is 0.936. The summed E-state index contributed by atoms with van der Waals surface area (Å²) in [4.78, 5) is 0. The maximum atomic E-state index is 9.35. The van der Waals surface area contributed by atoms with Crippen LogP contribution in [0.25, 0.3) is 0 Å². The zero-order valence-electron chi connectivity index (χ0n) is 11.7. The minimum Gasteiger partial charge on any atom is -0.392 e. The lowest BCUT2D eigenvalue weighted by atomic mass is 10.2. The Morgan fingerprint density at radius 2 is 1.95 bits per heavy atom. The van der Waals surface area contributed by atoms with Crippen molar-refractivity contribution in [3.8, 4) is 0 Å². The molecule has 2 aromatic heterocycles. The average Bonchev–Trinajstić information content (AvgIpc) is 2.80. The van der Waals surface area contributed by atoms with Crippen molar-refractivity contribution in [1.82, 2.24) is 19.6 Å². The van der Waals surface area contributed by atoms with Crippen LogP contribution in [0.1, 0.15) is 35.3 Å². The van der Waals surface area contributed by atoms with Crippen molar-refractivity contribution < 1.29 is 5.11 Å². The Balaban J connectivity index is 2.39. The van der Waals surface area contributed by atoms with E-state index < -0.39 is 0 Å². The van der Waals surface area contributed by atoms with E-state index in [1.165, 1.54) is 0 Å². The van der Waals surface area contributed by atoms with Gasteiger partial charge in [0.05, 0.1) is 34.7 Å². The van der Waals surface area contributed by atoms with Gasteiger partial charge in [0, 0.05) is 18.3 Å². The highest BCUT2D eigenvalue weighted by molar-refractivity contribution is 9.10. The number of hydrogen-bond donors (Lipinski definition) is 1. The second kappa shape index (κ2) is 5.46. The molecular weight excluding hydrogens is 308 g/mol. The van der Waals surface area contributed by atoms with E-state index >= 15 is 0 Å². The molecule has 0 amide bonds. The molecule has 0 atom stereocenters. The smallest absolute Gasteiger partial charge is 0.0842 e. The number of nitrogens with zero attached hydrogens (tertiary/aromatic N) is 4. The van der Waals surface area contributed by atoms with Gasteiger partial charge in [0.2, 0.25) is 0 Å². The van der Waals surface area contributed by atoms with Gasteiger partial charge in [-0.1, -0.05) is 6.92 Å². The Hall–Kier alpha value is -1.14. The lowest BCUT2D eigenvalue weighted by Gasteiger charge is -2.06. The van der Waals surface area contributed by atoms with Gasteiger partial charge in [-0.15, -0.1) is 0 Å². The van der Waals surface area contributed by atoms with Crippen LogP contribution in [0, 0.1) is 13.8 Å². The maximum absolute atomic E-state index is 9.35. The maximum Gasteiger partial charge on any atom is 0.0842 e. The fourth-order valence-corrected chi connectivity index (χ4v) is 2.99. The first-order valence-electron chi connectivity index (χ1n) is 6.33. The molecule has 0 unspecified atom stereocenters. The summed E-state index contributed by atoms with van der Waals surface area (Å²) in [6.45, 7) is 6.67. The molecule has 0 fully saturated rings. The van der Waals surface area contributed by atoms with Crippen LogP contribution in [-0.2, 0) is 26.6 Å². The van der Waals surface area contributed by atoms with Crippen molar-refractivity contribution in [3.63, 3.8) is 0 Å². The number of aromatic nitrogens is 4. The van der Waals surface area contributed by atoms with E-state index in [-0.39, 0.29) is 6.61 Å². The summed E-state index contributed by atoms with van der Waals surface area (Å²) in [5.41, 5.74) is 4.95. The summed E-state index contributed by atoms with van der Waals surface area (Å²) in [6.07, 6.45) is 0.896.